The third kappa shape index (κ3) is 2.18. The van der Waals surface area contributed by atoms with Crippen molar-refractivity contribution in [3.63, 3.8) is 0 Å². The molecule has 0 amide bonds. The minimum absolute atomic E-state index is 0.730. The van der Waals surface area contributed by atoms with Crippen molar-refractivity contribution in [2.45, 2.75) is 6.92 Å². The number of fused-ring (bicyclic) bond motifs is 1. The summed E-state index contributed by atoms with van der Waals surface area (Å²) in [6.07, 6.45) is 1.75. The van der Waals surface area contributed by atoms with Gasteiger partial charge in [-0.25, -0.2) is 4.98 Å². The molecule has 0 aliphatic carbocycles. The first kappa shape index (κ1) is 12.5. The van der Waals surface area contributed by atoms with E-state index in [9.17, 15) is 0 Å². The van der Waals surface area contributed by atoms with Gasteiger partial charge in [-0.2, -0.15) is 0 Å². The first-order chi connectivity index (χ1) is 9.79. The van der Waals surface area contributed by atoms with Gasteiger partial charge in [0.1, 0.15) is 5.82 Å². The number of nitrogen functional groups attached to an aromatic ring is 1. The predicted molar refractivity (Wildman–Crippen MR) is 85.3 cm³/mol. The van der Waals surface area contributed by atoms with Gasteiger partial charge < -0.3 is 10.6 Å². The maximum Gasteiger partial charge on any atom is 0.134 e. The molecule has 2 aromatic carbocycles. The highest BCUT2D eigenvalue weighted by molar-refractivity contribution is 5.95. The standard InChI is InChI=1S/C17H17N3/c1-2-20(17-12-14(18)10-11-19-17)16-9-5-7-13-6-3-4-8-15(13)16/h3-12H,2H2,1H3,(H2,18,19). The Morgan fingerprint density at radius 1 is 1.05 bits per heavy atom. The molecule has 1 aromatic heterocycles. The summed E-state index contributed by atoms with van der Waals surface area (Å²) >= 11 is 0. The van der Waals surface area contributed by atoms with Crippen LogP contribution >= 0.6 is 0 Å². The average Bonchev–Trinajstić information content (AvgIpc) is 2.48. The molecule has 0 bridgehead atoms. The maximum absolute atomic E-state index is 5.88. The van der Waals surface area contributed by atoms with Crippen LogP contribution in [0.3, 0.4) is 0 Å². The lowest BCUT2D eigenvalue weighted by Gasteiger charge is -2.24. The van der Waals surface area contributed by atoms with Gasteiger partial charge in [-0.05, 0) is 24.4 Å². The first-order valence-corrected chi connectivity index (χ1v) is 6.76. The van der Waals surface area contributed by atoms with Gasteiger partial charge in [0.2, 0.25) is 0 Å². The average molecular weight is 263 g/mol. The van der Waals surface area contributed by atoms with Gasteiger partial charge in [0.15, 0.2) is 0 Å². The fourth-order valence-electron chi connectivity index (χ4n) is 2.48. The molecule has 3 heteroatoms. The molecule has 0 spiro atoms. The van der Waals surface area contributed by atoms with E-state index in [1.54, 1.807) is 12.3 Å². The zero-order valence-corrected chi connectivity index (χ0v) is 11.5. The molecular weight excluding hydrogens is 246 g/mol. The van der Waals surface area contributed by atoms with E-state index in [0.717, 1.165) is 23.7 Å². The molecule has 3 nitrogen and oxygen atoms in total. The fraction of sp³-hybridized carbons (Fsp3) is 0.118. The smallest absolute Gasteiger partial charge is 0.134 e. The van der Waals surface area contributed by atoms with Crippen molar-refractivity contribution in [1.82, 2.24) is 4.98 Å². The van der Waals surface area contributed by atoms with Crippen LogP contribution in [0.5, 0.6) is 0 Å². The van der Waals surface area contributed by atoms with Crippen LogP contribution in [0.25, 0.3) is 10.8 Å². The molecule has 0 fully saturated rings. The van der Waals surface area contributed by atoms with Crippen molar-refractivity contribution in [2.24, 2.45) is 0 Å². The number of hydrogen-bond donors (Lipinski definition) is 1. The fourth-order valence-corrected chi connectivity index (χ4v) is 2.48. The molecular formula is C17H17N3. The number of nitrogens with zero attached hydrogens (tertiary/aromatic N) is 2. The molecule has 0 saturated carbocycles. The topological polar surface area (TPSA) is 42.1 Å². The Morgan fingerprint density at radius 2 is 1.85 bits per heavy atom. The molecule has 0 saturated heterocycles. The van der Waals surface area contributed by atoms with Crippen LogP contribution in [0.2, 0.25) is 0 Å². The highest BCUT2D eigenvalue weighted by Crippen LogP contribution is 2.31. The minimum Gasteiger partial charge on any atom is -0.399 e. The summed E-state index contributed by atoms with van der Waals surface area (Å²) in [6.45, 7) is 2.96. The number of benzene rings is 2. The Labute approximate surface area is 118 Å². The molecule has 3 rings (SSSR count). The Morgan fingerprint density at radius 3 is 2.65 bits per heavy atom. The van der Waals surface area contributed by atoms with Crippen molar-refractivity contribution < 1.29 is 0 Å². The van der Waals surface area contributed by atoms with Crippen LogP contribution in [-0.4, -0.2) is 11.5 Å². The van der Waals surface area contributed by atoms with Crippen molar-refractivity contribution in [3.8, 4) is 0 Å². The highest BCUT2D eigenvalue weighted by atomic mass is 15.2. The zero-order valence-electron chi connectivity index (χ0n) is 11.5. The summed E-state index contributed by atoms with van der Waals surface area (Å²) in [5, 5.41) is 2.45. The van der Waals surface area contributed by atoms with Crippen LogP contribution in [0.1, 0.15) is 6.92 Å². The predicted octanol–water partition coefficient (Wildman–Crippen LogP) is 3.98. The molecule has 0 atom stereocenters. The number of hydrogen-bond acceptors (Lipinski definition) is 3. The van der Waals surface area contributed by atoms with Crippen LogP contribution in [0.4, 0.5) is 17.2 Å². The lowest BCUT2D eigenvalue weighted by molar-refractivity contribution is 0.996. The van der Waals surface area contributed by atoms with Gasteiger partial charge >= 0.3 is 0 Å². The lowest BCUT2D eigenvalue weighted by Crippen LogP contribution is -2.17. The van der Waals surface area contributed by atoms with Crippen LogP contribution in [0.15, 0.2) is 60.8 Å². The van der Waals surface area contributed by atoms with Crippen LogP contribution < -0.4 is 10.6 Å². The summed E-state index contributed by atoms with van der Waals surface area (Å²) in [5.41, 5.74) is 7.76. The van der Waals surface area contributed by atoms with Crippen molar-refractivity contribution >= 4 is 28.0 Å². The SMILES string of the molecule is CCN(c1cc(N)ccn1)c1cccc2ccccc12. The molecule has 0 unspecified atom stereocenters. The second-order valence-electron chi connectivity index (χ2n) is 4.69. The van der Waals surface area contributed by atoms with Crippen LogP contribution in [-0.2, 0) is 0 Å². The Hall–Kier alpha value is -2.55. The number of anilines is 3. The molecule has 2 N–H and O–H groups in total. The number of rotatable bonds is 3. The summed E-state index contributed by atoms with van der Waals surface area (Å²) in [6, 6.07) is 18.4. The number of pyridine rings is 1. The third-order valence-corrected chi connectivity index (χ3v) is 3.42. The molecule has 100 valence electrons. The Bertz CT molecular complexity index is 732. The lowest BCUT2D eigenvalue weighted by atomic mass is 10.1. The second-order valence-corrected chi connectivity index (χ2v) is 4.69. The first-order valence-electron chi connectivity index (χ1n) is 6.76. The minimum atomic E-state index is 0.730. The van der Waals surface area contributed by atoms with Gasteiger partial charge in [-0.1, -0.05) is 36.4 Å². The monoisotopic (exact) mass is 263 g/mol. The summed E-state index contributed by atoms with van der Waals surface area (Å²) in [7, 11) is 0. The van der Waals surface area contributed by atoms with E-state index >= 15 is 0 Å². The van der Waals surface area contributed by atoms with E-state index in [1.807, 2.05) is 6.07 Å². The van der Waals surface area contributed by atoms with Crippen molar-refractivity contribution in [1.29, 1.82) is 0 Å². The largest absolute Gasteiger partial charge is 0.399 e. The molecule has 3 aromatic rings. The number of aromatic nitrogens is 1. The van der Waals surface area contributed by atoms with E-state index in [-0.39, 0.29) is 0 Å². The molecule has 0 aliphatic rings. The van der Waals surface area contributed by atoms with Gasteiger partial charge in [0.25, 0.3) is 0 Å². The summed E-state index contributed by atoms with van der Waals surface area (Å²) < 4.78 is 0. The Kier molecular flexibility index (Phi) is 3.25. The van der Waals surface area contributed by atoms with E-state index in [1.165, 1.54) is 10.8 Å². The Balaban J connectivity index is 2.17. The van der Waals surface area contributed by atoms with Crippen molar-refractivity contribution in [3.05, 3.63) is 60.8 Å². The van der Waals surface area contributed by atoms with E-state index in [0.29, 0.717) is 0 Å². The highest BCUT2D eigenvalue weighted by Gasteiger charge is 2.11. The van der Waals surface area contributed by atoms with Gasteiger partial charge in [-0.3, -0.25) is 0 Å². The maximum atomic E-state index is 5.88. The summed E-state index contributed by atoms with van der Waals surface area (Å²) in [4.78, 5) is 6.62. The van der Waals surface area contributed by atoms with Gasteiger partial charge in [-0.15, -0.1) is 0 Å². The number of nitrogens with two attached hydrogens (primary N) is 1. The zero-order chi connectivity index (χ0) is 13.9. The third-order valence-electron chi connectivity index (χ3n) is 3.42. The van der Waals surface area contributed by atoms with E-state index < -0.39 is 0 Å². The summed E-state index contributed by atoms with van der Waals surface area (Å²) in [5.74, 6) is 0.879. The molecule has 1 heterocycles. The normalized spacial score (nSPS) is 10.7. The van der Waals surface area contributed by atoms with E-state index in [2.05, 4.69) is 59.3 Å². The second kappa shape index (κ2) is 5.21. The van der Waals surface area contributed by atoms with Crippen LogP contribution in [0, 0.1) is 0 Å². The molecule has 0 radical (unpaired) electrons. The molecule has 0 aliphatic heterocycles. The molecule has 20 heavy (non-hydrogen) atoms. The van der Waals surface area contributed by atoms with Gasteiger partial charge in [0, 0.05) is 29.9 Å². The quantitative estimate of drug-likeness (QED) is 0.777. The van der Waals surface area contributed by atoms with Gasteiger partial charge in [0.05, 0.1) is 5.69 Å². The van der Waals surface area contributed by atoms with E-state index in [4.69, 9.17) is 5.73 Å². The van der Waals surface area contributed by atoms with Crippen molar-refractivity contribution in [2.75, 3.05) is 17.2 Å².